The number of aryl methyl sites for hydroxylation is 1. The number of rotatable bonds is 7. The number of hydrogen-bond donors (Lipinski definition) is 0. The summed E-state index contributed by atoms with van der Waals surface area (Å²) in [6.45, 7) is 6.69. The van der Waals surface area contributed by atoms with Crippen molar-refractivity contribution in [1.82, 2.24) is 18.8 Å². The van der Waals surface area contributed by atoms with Gasteiger partial charge in [-0.2, -0.15) is 0 Å². The topological polar surface area (TPSA) is 52.2 Å². The fraction of sp³-hybridized carbons (Fsp3) is 0.280. The maximum atomic E-state index is 13.5. The lowest BCUT2D eigenvalue weighted by atomic mass is 10.1. The first-order valence-electron chi connectivity index (χ1n) is 10.7. The predicted octanol–water partition coefficient (Wildman–Crippen LogP) is 4.92. The Balaban J connectivity index is 1.67. The molecule has 0 amide bonds. The minimum absolute atomic E-state index is 0.0245. The first-order chi connectivity index (χ1) is 15.7. The van der Waals surface area contributed by atoms with Gasteiger partial charge in [0.15, 0.2) is 5.78 Å². The quantitative estimate of drug-likeness (QED) is 0.351. The molecule has 0 fully saturated rings. The van der Waals surface area contributed by atoms with E-state index in [-0.39, 0.29) is 17.9 Å². The molecule has 4 rings (SSSR count). The Morgan fingerprint density at radius 1 is 1.06 bits per heavy atom. The van der Waals surface area contributed by atoms with E-state index in [0.29, 0.717) is 17.8 Å². The van der Waals surface area contributed by atoms with Crippen LogP contribution in [0.4, 0.5) is 0 Å². The lowest BCUT2D eigenvalue weighted by Crippen LogP contribution is -2.25. The van der Waals surface area contributed by atoms with Crippen molar-refractivity contribution in [3.05, 3.63) is 90.7 Å². The van der Waals surface area contributed by atoms with Crippen LogP contribution in [0.1, 0.15) is 32.3 Å². The lowest BCUT2D eigenvalue weighted by Gasteiger charge is -2.14. The molecule has 0 spiro atoms. The molecule has 4 aromatic rings. The second kappa shape index (κ2) is 9.17. The van der Waals surface area contributed by atoms with Gasteiger partial charge in [-0.25, -0.2) is 4.68 Å². The zero-order valence-corrected chi connectivity index (χ0v) is 21.0. The smallest absolute Gasteiger partial charge is 0.295 e. The van der Waals surface area contributed by atoms with Gasteiger partial charge in [0.25, 0.3) is 5.56 Å². The molecule has 172 valence electrons. The molecule has 0 aliphatic carbocycles. The molecular weight excluding hydrogens is 456 g/mol. The predicted molar refractivity (Wildman–Crippen MR) is 135 cm³/mol. The third-order valence-corrected chi connectivity index (χ3v) is 7.16. The van der Waals surface area contributed by atoms with Gasteiger partial charge >= 0.3 is 0 Å². The fourth-order valence-corrected chi connectivity index (χ4v) is 5.46. The number of ketones is 1. The Hall–Kier alpha value is -2.87. The van der Waals surface area contributed by atoms with Crippen LogP contribution in [0.5, 0.6) is 0 Å². The van der Waals surface area contributed by atoms with Crippen molar-refractivity contribution < 1.29 is 4.79 Å². The Labute approximate surface area is 202 Å². The zero-order valence-electron chi connectivity index (χ0n) is 19.4. The number of benzene rings is 1. The summed E-state index contributed by atoms with van der Waals surface area (Å²) in [6, 6.07) is 15.3. The van der Waals surface area contributed by atoms with Crippen molar-refractivity contribution in [2.75, 3.05) is 13.6 Å². The molecule has 8 heteroatoms. The molecule has 0 N–H and O–H groups in total. The highest BCUT2D eigenvalue weighted by Crippen LogP contribution is 2.24. The van der Waals surface area contributed by atoms with Crippen LogP contribution >= 0.6 is 22.9 Å². The van der Waals surface area contributed by atoms with Gasteiger partial charge in [0.1, 0.15) is 5.69 Å². The Kier molecular flexibility index (Phi) is 6.47. The van der Waals surface area contributed by atoms with E-state index in [1.54, 1.807) is 4.68 Å². The number of carbonyl (C=O) groups is 1. The molecule has 3 aromatic heterocycles. The number of hydrogen-bond acceptors (Lipinski definition) is 4. The van der Waals surface area contributed by atoms with Crippen LogP contribution in [0.25, 0.3) is 11.4 Å². The second-order valence-corrected chi connectivity index (χ2v) is 10.1. The lowest BCUT2D eigenvalue weighted by molar-refractivity contribution is 0.0943. The van der Waals surface area contributed by atoms with Crippen molar-refractivity contribution >= 4 is 28.7 Å². The van der Waals surface area contributed by atoms with Crippen LogP contribution < -0.4 is 5.56 Å². The monoisotopic (exact) mass is 482 g/mol. The first kappa shape index (κ1) is 23.3. The third kappa shape index (κ3) is 4.36. The molecule has 6 nitrogen and oxygen atoms in total. The maximum absolute atomic E-state index is 13.5. The number of Topliss-reactive ketones (excluding diaryl/α,β-unsaturated/α-hetero) is 1. The number of para-hydroxylation sites is 1. The van der Waals surface area contributed by atoms with E-state index in [1.165, 1.54) is 11.3 Å². The van der Waals surface area contributed by atoms with Gasteiger partial charge < -0.3 is 4.57 Å². The van der Waals surface area contributed by atoms with E-state index in [2.05, 4.69) is 0 Å². The largest absolute Gasteiger partial charge is 0.311 e. The standard InChI is InChI=1S/C25H27ClN4O2S/c1-16-13-21(22(31)15-27(4)14-20-11-12-23(26)33-20)17(2)29(16)24-18(3)28(5)30(25(24)32)19-9-7-6-8-10-19/h6-13H,14-15H2,1-5H3. The molecule has 0 unspecified atom stereocenters. The van der Waals surface area contributed by atoms with Gasteiger partial charge in [-0.05, 0) is 58.2 Å². The highest BCUT2D eigenvalue weighted by Gasteiger charge is 2.24. The number of halogens is 1. The van der Waals surface area contributed by atoms with E-state index in [9.17, 15) is 9.59 Å². The summed E-state index contributed by atoms with van der Waals surface area (Å²) in [5.41, 5.74) is 4.35. The highest BCUT2D eigenvalue weighted by atomic mass is 35.5. The van der Waals surface area contributed by atoms with Gasteiger partial charge in [0.2, 0.25) is 0 Å². The van der Waals surface area contributed by atoms with E-state index < -0.39 is 0 Å². The summed E-state index contributed by atoms with van der Waals surface area (Å²) in [6.07, 6.45) is 0. The molecular formula is C25H27ClN4O2S. The molecule has 0 aliphatic heterocycles. The van der Waals surface area contributed by atoms with Gasteiger partial charge in [-0.15, -0.1) is 11.3 Å². The molecule has 0 radical (unpaired) electrons. The molecule has 0 saturated heterocycles. The first-order valence-corrected chi connectivity index (χ1v) is 11.9. The SMILES string of the molecule is Cc1cc(C(=O)CN(C)Cc2ccc(Cl)s2)c(C)n1-c1c(C)n(C)n(-c2ccccc2)c1=O. The Morgan fingerprint density at radius 3 is 2.39 bits per heavy atom. The van der Waals surface area contributed by atoms with E-state index in [1.807, 2.05) is 97.5 Å². The van der Waals surface area contributed by atoms with Crippen molar-refractivity contribution in [1.29, 1.82) is 0 Å². The number of carbonyl (C=O) groups excluding carboxylic acids is 1. The molecule has 33 heavy (non-hydrogen) atoms. The summed E-state index contributed by atoms with van der Waals surface area (Å²) in [4.78, 5) is 29.8. The number of likely N-dealkylation sites (N-methyl/N-ethyl adjacent to an activating group) is 1. The summed E-state index contributed by atoms with van der Waals surface area (Å²) in [5, 5.41) is 0. The fourth-order valence-electron chi connectivity index (χ4n) is 4.29. The minimum Gasteiger partial charge on any atom is -0.311 e. The van der Waals surface area contributed by atoms with Crippen LogP contribution in [0.3, 0.4) is 0 Å². The van der Waals surface area contributed by atoms with Gasteiger partial charge in [0.05, 0.1) is 22.3 Å². The minimum atomic E-state index is -0.117. The zero-order chi connectivity index (χ0) is 23.9. The highest BCUT2D eigenvalue weighted by molar-refractivity contribution is 7.16. The molecule has 0 atom stereocenters. The average molecular weight is 483 g/mol. The summed E-state index contributed by atoms with van der Waals surface area (Å²) >= 11 is 7.54. The third-order valence-electron chi connectivity index (χ3n) is 5.95. The van der Waals surface area contributed by atoms with Crippen LogP contribution in [-0.2, 0) is 13.6 Å². The Morgan fingerprint density at radius 2 is 1.76 bits per heavy atom. The number of thiophene rings is 1. The van der Waals surface area contributed by atoms with E-state index in [4.69, 9.17) is 11.6 Å². The van der Waals surface area contributed by atoms with Crippen molar-refractivity contribution in [2.24, 2.45) is 7.05 Å². The van der Waals surface area contributed by atoms with Crippen LogP contribution in [0, 0.1) is 20.8 Å². The van der Waals surface area contributed by atoms with Crippen LogP contribution in [0.2, 0.25) is 4.34 Å². The summed E-state index contributed by atoms with van der Waals surface area (Å²) < 4.78 is 6.16. The average Bonchev–Trinajstić information content (AvgIpc) is 3.37. The van der Waals surface area contributed by atoms with Gasteiger partial charge in [0, 0.05) is 35.4 Å². The van der Waals surface area contributed by atoms with E-state index >= 15 is 0 Å². The van der Waals surface area contributed by atoms with Gasteiger partial charge in [-0.3, -0.25) is 19.2 Å². The second-order valence-electron chi connectivity index (χ2n) is 8.33. The normalized spacial score (nSPS) is 11.5. The maximum Gasteiger partial charge on any atom is 0.295 e. The van der Waals surface area contributed by atoms with E-state index in [0.717, 1.165) is 32.0 Å². The van der Waals surface area contributed by atoms with Gasteiger partial charge in [-0.1, -0.05) is 29.8 Å². The molecule has 0 bridgehead atoms. The summed E-state index contributed by atoms with van der Waals surface area (Å²) in [5.74, 6) is 0.0245. The molecule has 0 aliphatic rings. The van der Waals surface area contributed by atoms with Crippen molar-refractivity contribution in [2.45, 2.75) is 27.3 Å². The number of aromatic nitrogens is 3. The Bertz CT molecular complexity index is 1380. The molecule has 0 saturated carbocycles. The summed E-state index contributed by atoms with van der Waals surface area (Å²) in [7, 11) is 3.80. The van der Waals surface area contributed by atoms with Crippen LogP contribution in [-0.4, -0.2) is 38.2 Å². The van der Waals surface area contributed by atoms with Crippen molar-refractivity contribution in [3.8, 4) is 11.4 Å². The molecule has 3 heterocycles. The van der Waals surface area contributed by atoms with Crippen LogP contribution in [0.15, 0.2) is 53.3 Å². The molecule has 1 aromatic carbocycles. The van der Waals surface area contributed by atoms with Crippen molar-refractivity contribution in [3.63, 3.8) is 0 Å². The number of nitrogens with zero attached hydrogens (tertiary/aromatic N) is 4.